The van der Waals surface area contributed by atoms with E-state index in [1.165, 1.54) is 12.1 Å². The van der Waals surface area contributed by atoms with E-state index in [1.807, 2.05) is 42.3 Å². The number of halogens is 1. The van der Waals surface area contributed by atoms with E-state index in [0.717, 1.165) is 62.0 Å². The Morgan fingerprint density at radius 3 is 2.93 bits per heavy atom. The van der Waals surface area contributed by atoms with Gasteiger partial charge in [0.2, 0.25) is 0 Å². The molecule has 4 rings (SSSR count). The molecule has 6 heteroatoms. The topological polar surface area (TPSA) is 52.2 Å². The van der Waals surface area contributed by atoms with Gasteiger partial charge in [0.25, 0.3) is 5.91 Å². The van der Waals surface area contributed by atoms with Crippen molar-refractivity contribution in [3.63, 3.8) is 0 Å². The number of carbonyl (C=O) groups excluding carboxylic acids is 1. The number of likely N-dealkylation sites (tertiary alicyclic amines) is 1. The summed E-state index contributed by atoms with van der Waals surface area (Å²) in [6.07, 6.45) is 4.86. The van der Waals surface area contributed by atoms with Crippen LogP contribution in [0.2, 0.25) is 0 Å². The van der Waals surface area contributed by atoms with E-state index in [1.54, 1.807) is 6.33 Å². The van der Waals surface area contributed by atoms with Crippen LogP contribution in [0.4, 0.5) is 4.39 Å². The van der Waals surface area contributed by atoms with Crippen LogP contribution >= 0.6 is 0 Å². The summed E-state index contributed by atoms with van der Waals surface area (Å²) in [6, 6.07) is 12.4. The fraction of sp³-hybridized carbons (Fsp3) is 0.391. The molecule has 0 saturated carbocycles. The first kappa shape index (κ1) is 19.6. The minimum absolute atomic E-state index is 0.0462. The molecule has 1 amide bonds. The van der Waals surface area contributed by atoms with Gasteiger partial charge < -0.3 is 14.8 Å². The highest BCUT2D eigenvalue weighted by molar-refractivity contribution is 5.97. The van der Waals surface area contributed by atoms with Crippen LogP contribution in [0.3, 0.4) is 0 Å². The number of carbonyl (C=O) groups is 1. The molecule has 29 heavy (non-hydrogen) atoms. The summed E-state index contributed by atoms with van der Waals surface area (Å²) in [7, 11) is 1.89. The van der Waals surface area contributed by atoms with E-state index >= 15 is 0 Å². The third-order valence-electron chi connectivity index (χ3n) is 5.78. The Morgan fingerprint density at radius 2 is 2.10 bits per heavy atom. The first-order valence-electron chi connectivity index (χ1n) is 10.2. The first-order valence-corrected chi connectivity index (χ1v) is 10.2. The average Bonchev–Trinajstić information content (AvgIpc) is 3.21. The van der Waals surface area contributed by atoms with Gasteiger partial charge in [-0.05, 0) is 67.6 Å². The smallest absolute Gasteiger partial charge is 0.253 e. The van der Waals surface area contributed by atoms with Crippen LogP contribution in [0.5, 0.6) is 0 Å². The zero-order valence-electron chi connectivity index (χ0n) is 16.8. The number of amides is 1. The molecule has 1 atom stereocenters. The summed E-state index contributed by atoms with van der Waals surface area (Å²) in [6.45, 7) is 3.81. The molecule has 152 valence electrons. The van der Waals surface area contributed by atoms with Crippen LogP contribution in [-0.2, 0) is 6.42 Å². The van der Waals surface area contributed by atoms with Crippen molar-refractivity contribution in [1.29, 1.82) is 0 Å². The molecule has 1 N–H and O–H groups in total. The molecule has 3 aromatic rings. The van der Waals surface area contributed by atoms with Crippen LogP contribution in [0.25, 0.3) is 11.0 Å². The van der Waals surface area contributed by atoms with Crippen molar-refractivity contribution in [2.24, 2.45) is 5.92 Å². The predicted octanol–water partition coefficient (Wildman–Crippen LogP) is 3.73. The lowest BCUT2D eigenvalue weighted by Gasteiger charge is -2.34. The minimum atomic E-state index is -0.189. The maximum absolute atomic E-state index is 13.1. The number of aromatic amines is 1. The van der Waals surface area contributed by atoms with Crippen LogP contribution in [-0.4, -0.2) is 58.9 Å². The fourth-order valence-corrected chi connectivity index (χ4v) is 4.20. The molecule has 0 spiro atoms. The second kappa shape index (κ2) is 8.74. The molecule has 1 fully saturated rings. The number of fused-ring (bicyclic) bond motifs is 1. The van der Waals surface area contributed by atoms with E-state index in [2.05, 4.69) is 14.9 Å². The lowest BCUT2D eigenvalue weighted by molar-refractivity contribution is 0.0730. The van der Waals surface area contributed by atoms with Crippen molar-refractivity contribution in [3.8, 4) is 0 Å². The largest absolute Gasteiger partial charge is 0.345 e. The van der Waals surface area contributed by atoms with Crippen molar-refractivity contribution in [1.82, 2.24) is 19.8 Å². The van der Waals surface area contributed by atoms with Gasteiger partial charge in [-0.25, -0.2) is 9.37 Å². The lowest BCUT2D eigenvalue weighted by atomic mass is 9.96. The maximum atomic E-state index is 13.1. The summed E-state index contributed by atoms with van der Waals surface area (Å²) in [5, 5.41) is 0. The molecule has 1 aromatic heterocycles. The molecule has 0 radical (unpaired) electrons. The molecular weight excluding hydrogens is 367 g/mol. The Hall–Kier alpha value is -2.73. The number of benzene rings is 2. The Bertz CT molecular complexity index is 968. The van der Waals surface area contributed by atoms with Crippen molar-refractivity contribution >= 4 is 16.9 Å². The number of nitrogens with zero attached hydrogens (tertiary/aromatic N) is 3. The summed E-state index contributed by atoms with van der Waals surface area (Å²) in [4.78, 5) is 24.4. The van der Waals surface area contributed by atoms with Gasteiger partial charge in [0.15, 0.2) is 0 Å². The predicted molar refractivity (Wildman–Crippen MR) is 112 cm³/mol. The number of nitrogens with one attached hydrogen (secondary N) is 1. The Labute approximate surface area is 170 Å². The Morgan fingerprint density at radius 1 is 1.28 bits per heavy atom. The molecule has 0 bridgehead atoms. The van der Waals surface area contributed by atoms with Crippen LogP contribution in [0, 0.1) is 11.7 Å². The van der Waals surface area contributed by atoms with Crippen molar-refractivity contribution < 1.29 is 9.18 Å². The Kier molecular flexibility index (Phi) is 5.90. The van der Waals surface area contributed by atoms with Crippen LogP contribution < -0.4 is 0 Å². The minimum Gasteiger partial charge on any atom is -0.345 e. The number of aromatic nitrogens is 2. The molecule has 1 aliphatic rings. The number of rotatable bonds is 6. The van der Waals surface area contributed by atoms with Gasteiger partial charge in [-0.1, -0.05) is 12.1 Å². The lowest BCUT2D eigenvalue weighted by Crippen LogP contribution is -2.42. The maximum Gasteiger partial charge on any atom is 0.253 e. The zero-order valence-corrected chi connectivity index (χ0v) is 16.8. The third kappa shape index (κ3) is 4.82. The number of piperidine rings is 1. The molecule has 1 unspecified atom stereocenters. The SMILES string of the molecule is CN(CC1CCCN(CCc2ccc(F)cc2)C1)C(=O)c1ccc2nc[nH]c2c1. The summed E-state index contributed by atoms with van der Waals surface area (Å²) >= 11 is 0. The monoisotopic (exact) mass is 394 g/mol. The first-order chi connectivity index (χ1) is 14.1. The van der Waals surface area contributed by atoms with Crippen molar-refractivity contribution in [2.75, 3.05) is 33.2 Å². The standard InChI is InChI=1S/C23H27FN4O/c1-27(23(29)19-6-9-21-22(13-19)26-16-25-21)14-18-3-2-11-28(15-18)12-10-17-4-7-20(24)8-5-17/h4-9,13,16,18H,2-3,10-12,14-15H2,1H3,(H,25,26). The van der Waals surface area contributed by atoms with E-state index in [9.17, 15) is 9.18 Å². The molecule has 5 nitrogen and oxygen atoms in total. The third-order valence-corrected chi connectivity index (χ3v) is 5.78. The van der Waals surface area contributed by atoms with Gasteiger partial charge >= 0.3 is 0 Å². The van der Waals surface area contributed by atoms with Gasteiger partial charge in [0.1, 0.15) is 5.82 Å². The summed E-state index contributed by atoms with van der Waals surface area (Å²) in [5.74, 6) is 0.331. The second-order valence-corrected chi connectivity index (χ2v) is 8.01. The Balaban J connectivity index is 1.30. The number of imidazole rings is 1. The molecular formula is C23H27FN4O. The highest BCUT2D eigenvalue weighted by Gasteiger charge is 2.23. The zero-order chi connectivity index (χ0) is 20.2. The van der Waals surface area contributed by atoms with Gasteiger partial charge in [0, 0.05) is 32.2 Å². The highest BCUT2D eigenvalue weighted by atomic mass is 19.1. The van der Waals surface area contributed by atoms with E-state index < -0.39 is 0 Å². The second-order valence-electron chi connectivity index (χ2n) is 8.01. The van der Waals surface area contributed by atoms with Crippen LogP contribution in [0.1, 0.15) is 28.8 Å². The highest BCUT2D eigenvalue weighted by Crippen LogP contribution is 2.20. The van der Waals surface area contributed by atoms with Crippen molar-refractivity contribution in [2.45, 2.75) is 19.3 Å². The molecule has 2 heterocycles. The van der Waals surface area contributed by atoms with Gasteiger partial charge in [-0.15, -0.1) is 0 Å². The van der Waals surface area contributed by atoms with E-state index in [0.29, 0.717) is 11.5 Å². The van der Waals surface area contributed by atoms with Gasteiger partial charge in [-0.3, -0.25) is 4.79 Å². The molecule has 0 aliphatic carbocycles. The van der Waals surface area contributed by atoms with Gasteiger partial charge in [0.05, 0.1) is 17.4 Å². The van der Waals surface area contributed by atoms with E-state index in [-0.39, 0.29) is 11.7 Å². The normalized spacial score (nSPS) is 17.5. The summed E-state index contributed by atoms with van der Waals surface area (Å²) in [5.41, 5.74) is 3.60. The number of hydrogen-bond donors (Lipinski definition) is 1. The summed E-state index contributed by atoms with van der Waals surface area (Å²) < 4.78 is 13.1. The quantitative estimate of drug-likeness (QED) is 0.693. The molecule has 2 aromatic carbocycles. The number of H-pyrrole nitrogens is 1. The number of hydrogen-bond acceptors (Lipinski definition) is 3. The fourth-order valence-electron chi connectivity index (χ4n) is 4.20. The van der Waals surface area contributed by atoms with Gasteiger partial charge in [-0.2, -0.15) is 0 Å². The van der Waals surface area contributed by atoms with Crippen LogP contribution in [0.15, 0.2) is 48.8 Å². The van der Waals surface area contributed by atoms with E-state index in [4.69, 9.17) is 0 Å². The van der Waals surface area contributed by atoms with Crippen molar-refractivity contribution in [3.05, 3.63) is 65.7 Å². The molecule has 1 aliphatic heterocycles. The molecule has 1 saturated heterocycles. The average molecular weight is 394 g/mol.